The number of aromatic hydroxyl groups is 1. The van der Waals surface area contributed by atoms with Gasteiger partial charge in [-0.2, -0.15) is 0 Å². The molecule has 0 amide bonds. The van der Waals surface area contributed by atoms with Crippen molar-refractivity contribution in [2.45, 2.75) is 27.3 Å². The van der Waals surface area contributed by atoms with Crippen molar-refractivity contribution in [2.75, 3.05) is 5.32 Å². The molecule has 0 bridgehead atoms. The summed E-state index contributed by atoms with van der Waals surface area (Å²) in [5, 5.41) is 14.2. The summed E-state index contributed by atoms with van der Waals surface area (Å²) in [6, 6.07) is 3.92. The molecule has 0 saturated carbocycles. The van der Waals surface area contributed by atoms with Crippen molar-refractivity contribution in [3.63, 3.8) is 0 Å². The molecule has 4 heteroatoms. The van der Waals surface area contributed by atoms with Crippen LogP contribution in [0, 0.1) is 20.8 Å². The van der Waals surface area contributed by atoms with Gasteiger partial charge < -0.3 is 10.4 Å². The maximum Gasteiger partial charge on any atom is 0.123 e. The lowest BCUT2D eigenvalue weighted by Crippen LogP contribution is -1.99. The molecular formula is C13H16N2OS. The van der Waals surface area contributed by atoms with Crippen LogP contribution in [0.1, 0.15) is 21.0 Å². The number of anilines is 1. The van der Waals surface area contributed by atoms with E-state index in [4.69, 9.17) is 0 Å². The Morgan fingerprint density at radius 2 is 2.06 bits per heavy atom. The second-order valence-electron chi connectivity index (χ2n) is 4.10. The van der Waals surface area contributed by atoms with Gasteiger partial charge in [-0.05, 0) is 32.4 Å². The number of nitrogens with one attached hydrogen (secondary N) is 1. The van der Waals surface area contributed by atoms with E-state index in [-0.39, 0.29) is 0 Å². The number of aryl methyl sites for hydroxylation is 2. The molecule has 0 aliphatic heterocycles. The topological polar surface area (TPSA) is 45.2 Å². The Hall–Kier alpha value is -1.55. The van der Waals surface area contributed by atoms with Gasteiger partial charge in [-0.3, -0.25) is 0 Å². The third-order valence-electron chi connectivity index (χ3n) is 2.75. The molecule has 0 radical (unpaired) electrons. The zero-order valence-electron chi connectivity index (χ0n) is 10.2. The minimum atomic E-state index is 0.371. The van der Waals surface area contributed by atoms with Crippen LogP contribution in [0.25, 0.3) is 0 Å². The molecule has 1 heterocycles. The third kappa shape index (κ3) is 2.58. The van der Waals surface area contributed by atoms with Crippen LogP contribution in [0.15, 0.2) is 18.3 Å². The zero-order chi connectivity index (χ0) is 12.4. The summed E-state index contributed by atoms with van der Waals surface area (Å²) in [5.74, 6) is 0.371. The summed E-state index contributed by atoms with van der Waals surface area (Å²) < 4.78 is 0. The van der Waals surface area contributed by atoms with E-state index in [1.807, 2.05) is 39.1 Å². The molecule has 0 spiro atoms. The number of aromatic nitrogens is 1. The van der Waals surface area contributed by atoms with Crippen molar-refractivity contribution in [2.24, 2.45) is 0 Å². The van der Waals surface area contributed by atoms with Crippen LogP contribution >= 0.6 is 11.3 Å². The highest BCUT2D eigenvalue weighted by molar-refractivity contribution is 7.11. The van der Waals surface area contributed by atoms with E-state index in [0.717, 1.165) is 28.4 Å². The molecule has 0 fully saturated rings. The van der Waals surface area contributed by atoms with Crippen molar-refractivity contribution in [1.82, 2.24) is 4.98 Å². The van der Waals surface area contributed by atoms with Crippen LogP contribution in [-0.2, 0) is 6.54 Å². The average molecular weight is 248 g/mol. The van der Waals surface area contributed by atoms with E-state index >= 15 is 0 Å². The van der Waals surface area contributed by atoms with E-state index in [0.29, 0.717) is 5.75 Å². The lowest BCUT2D eigenvalue weighted by molar-refractivity contribution is 0.467. The Morgan fingerprint density at radius 1 is 1.29 bits per heavy atom. The van der Waals surface area contributed by atoms with Crippen LogP contribution < -0.4 is 5.32 Å². The van der Waals surface area contributed by atoms with Gasteiger partial charge in [0, 0.05) is 22.3 Å². The summed E-state index contributed by atoms with van der Waals surface area (Å²) in [6.07, 6.45) is 1.89. The summed E-state index contributed by atoms with van der Waals surface area (Å²) in [6.45, 7) is 6.56. The SMILES string of the molecule is Cc1ncc(CNc2ccc(C)c(O)c2C)s1. The Balaban J connectivity index is 2.12. The van der Waals surface area contributed by atoms with E-state index < -0.39 is 0 Å². The first kappa shape index (κ1) is 11.9. The molecule has 2 N–H and O–H groups in total. The first-order valence-electron chi connectivity index (χ1n) is 5.52. The summed E-state index contributed by atoms with van der Waals surface area (Å²) in [7, 11) is 0. The van der Waals surface area contributed by atoms with E-state index in [1.54, 1.807) is 11.3 Å². The van der Waals surface area contributed by atoms with Gasteiger partial charge in [0.15, 0.2) is 0 Å². The Bertz CT molecular complexity index is 534. The molecule has 0 saturated heterocycles. The number of rotatable bonds is 3. The van der Waals surface area contributed by atoms with Gasteiger partial charge in [-0.25, -0.2) is 4.98 Å². The van der Waals surface area contributed by atoms with Crippen LogP contribution in [0.3, 0.4) is 0 Å². The third-order valence-corrected chi connectivity index (χ3v) is 3.67. The Labute approximate surface area is 105 Å². The number of hydrogen-bond donors (Lipinski definition) is 2. The van der Waals surface area contributed by atoms with Crippen molar-refractivity contribution in [3.8, 4) is 5.75 Å². The second kappa shape index (κ2) is 4.75. The predicted molar refractivity (Wildman–Crippen MR) is 71.8 cm³/mol. The van der Waals surface area contributed by atoms with Gasteiger partial charge in [-0.1, -0.05) is 6.07 Å². The fourth-order valence-corrected chi connectivity index (χ4v) is 2.43. The normalized spacial score (nSPS) is 10.5. The van der Waals surface area contributed by atoms with Crippen LogP contribution in [0.4, 0.5) is 5.69 Å². The fourth-order valence-electron chi connectivity index (χ4n) is 1.70. The zero-order valence-corrected chi connectivity index (χ0v) is 11.1. The summed E-state index contributed by atoms with van der Waals surface area (Å²) in [5.41, 5.74) is 2.77. The quantitative estimate of drug-likeness (QED) is 0.875. The molecule has 3 nitrogen and oxygen atoms in total. The molecule has 1 aromatic heterocycles. The van der Waals surface area contributed by atoms with Crippen LogP contribution in [0.2, 0.25) is 0 Å². The molecule has 1 aromatic carbocycles. The largest absolute Gasteiger partial charge is 0.507 e. The highest BCUT2D eigenvalue weighted by Gasteiger charge is 2.06. The van der Waals surface area contributed by atoms with Crippen molar-refractivity contribution < 1.29 is 5.11 Å². The highest BCUT2D eigenvalue weighted by atomic mass is 32.1. The summed E-state index contributed by atoms with van der Waals surface area (Å²) >= 11 is 1.68. The molecule has 0 unspecified atom stereocenters. The number of thiazole rings is 1. The number of hydrogen-bond acceptors (Lipinski definition) is 4. The van der Waals surface area contributed by atoms with E-state index in [2.05, 4.69) is 10.3 Å². The lowest BCUT2D eigenvalue weighted by atomic mass is 10.1. The molecule has 0 atom stereocenters. The standard InChI is InChI=1S/C13H16N2OS/c1-8-4-5-12(9(2)13(8)16)15-7-11-6-14-10(3)17-11/h4-6,15-16H,7H2,1-3H3. The summed E-state index contributed by atoms with van der Waals surface area (Å²) in [4.78, 5) is 5.41. The average Bonchev–Trinajstić information content (AvgIpc) is 2.71. The maximum absolute atomic E-state index is 9.84. The Morgan fingerprint density at radius 3 is 2.71 bits per heavy atom. The number of phenols is 1. The van der Waals surface area contributed by atoms with Crippen LogP contribution in [0.5, 0.6) is 5.75 Å². The highest BCUT2D eigenvalue weighted by Crippen LogP contribution is 2.28. The van der Waals surface area contributed by atoms with Gasteiger partial charge in [0.1, 0.15) is 5.75 Å². The minimum absolute atomic E-state index is 0.371. The van der Waals surface area contributed by atoms with Gasteiger partial charge in [0.05, 0.1) is 11.6 Å². The van der Waals surface area contributed by atoms with Gasteiger partial charge in [0.2, 0.25) is 0 Å². The smallest absolute Gasteiger partial charge is 0.123 e. The maximum atomic E-state index is 9.84. The first-order valence-corrected chi connectivity index (χ1v) is 6.34. The first-order chi connectivity index (χ1) is 8.08. The fraction of sp³-hybridized carbons (Fsp3) is 0.308. The lowest BCUT2D eigenvalue weighted by Gasteiger charge is -2.11. The second-order valence-corrected chi connectivity index (χ2v) is 5.42. The molecule has 2 rings (SSSR count). The molecule has 0 aliphatic rings. The monoisotopic (exact) mass is 248 g/mol. The predicted octanol–water partition coefficient (Wildman–Crippen LogP) is 3.39. The Kier molecular flexibility index (Phi) is 3.33. The number of benzene rings is 1. The molecule has 0 aliphatic carbocycles. The van der Waals surface area contributed by atoms with Crippen molar-refractivity contribution in [1.29, 1.82) is 0 Å². The van der Waals surface area contributed by atoms with Crippen molar-refractivity contribution in [3.05, 3.63) is 39.3 Å². The van der Waals surface area contributed by atoms with Crippen LogP contribution in [-0.4, -0.2) is 10.1 Å². The van der Waals surface area contributed by atoms with Crippen molar-refractivity contribution >= 4 is 17.0 Å². The van der Waals surface area contributed by atoms with Gasteiger partial charge in [0.25, 0.3) is 0 Å². The van der Waals surface area contributed by atoms with E-state index in [1.165, 1.54) is 4.88 Å². The van der Waals surface area contributed by atoms with E-state index in [9.17, 15) is 5.11 Å². The number of phenolic OH excluding ortho intramolecular Hbond substituents is 1. The molecule has 17 heavy (non-hydrogen) atoms. The van der Waals surface area contributed by atoms with Gasteiger partial charge >= 0.3 is 0 Å². The molecule has 2 aromatic rings. The minimum Gasteiger partial charge on any atom is -0.507 e. The number of nitrogens with zero attached hydrogens (tertiary/aromatic N) is 1. The molecular weight excluding hydrogens is 232 g/mol. The van der Waals surface area contributed by atoms with Gasteiger partial charge in [-0.15, -0.1) is 11.3 Å². The molecule has 90 valence electrons.